The van der Waals surface area contributed by atoms with E-state index in [2.05, 4.69) is 10.1 Å². The Balaban J connectivity index is 1.59. The third-order valence-electron chi connectivity index (χ3n) is 4.80. The van der Waals surface area contributed by atoms with E-state index in [0.717, 1.165) is 50.6 Å². The van der Waals surface area contributed by atoms with Gasteiger partial charge in [-0.05, 0) is 40.0 Å². The molecule has 0 spiro atoms. The molecule has 3 atom stereocenters. The number of aromatic nitrogens is 1. The zero-order chi connectivity index (χ0) is 14.8. The highest BCUT2D eigenvalue weighted by molar-refractivity contribution is 5.21. The molecule has 3 heterocycles. The van der Waals surface area contributed by atoms with Gasteiger partial charge in [-0.3, -0.25) is 4.90 Å². The highest BCUT2D eigenvalue weighted by Crippen LogP contribution is 2.33. The highest BCUT2D eigenvalue weighted by Gasteiger charge is 2.40. The van der Waals surface area contributed by atoms with E-state index in [1.165, 1.54) is 12.0 Å². The molecule has 21 heavy (non-hydrogen) atoms. The van der Waals surface area contributed by atoms with Crippen molar-refractivity contribution in [1.82, 2.24) is 10.1 Å². The minimum Gasteiger partial charge on any atom is -0.379 e. The molecule has 0 aliphatic carbocycles. The molecule has 0 saturated carbocycles. The Hall–Kier alpha value is -0.910. The van der Waals surface area contributed by atoms with E-state index >= 15 is 0 Å². The van der Waals surface area contributed by atoms with Gasteiger partial charge in [-0.1, -0.05) is 5.16 Å². The first-order valence-electron chi connectivity index (χ1n) is 8.08. The molecule has 3 rings (SSSR count). The van der Waals surface area contributed by atoms with E-state index in [1.807, 2.05) is 20.8 Å². The van der Waals surface area contributed by atoms with Gasteiger partial charge in [0, 0.05) is 31.3 Å². The van der Waals surface area contributed by atoms with Crippen molar-refractivity contribution in [1.29, 1.82) is 0 Å². The topological polar surface area (TPSA) is 47.7 Å². The Labute approximate surface area is 126 Å². The number of ether oxygens (including phenoxy) is 2. The van der Waals surface area contributed by atoms with Crippen LogP contribution < -0.4 is 0 Å². The van der Waals surface area contributed by atoms with Crippen molar-refractivity contribution in [2.24, 2.45) is 0 Å². The van der Waals surface area contributed by atoms with Gasteiger partial charge in [0.05, 0.1) is 24.5 Å². The standard InChI is InChI=1S/C16H26N2O3/c1-4-19-10-13-5-6-15-16(20-13)7-8-18(15)9-14-11(2)17-21-12(14)3/h13,15-16H,4-10H2,1-3H3/t13-,15+,16+/m0/s1. The van der Waals surface area contributed by atoms with Gasteiger partial charge in [-0.25, -0.2) is 0 Å². The average Bonchev–Trinajstić information content (AvgIpc) is 3.03. The molecule has 2 aliphatic heterocycles. The summed E-state index contributed by atoms with van der Waals surface area (Å²) >= 11 is 0. The van der Waals surface area contributed by atoms with Crippen LogP contribution >= 0.6 is 0 Å². The molecule has 118 valence electrons. The van der Waals surface area contributed by atoms with Crippen LogP contribution in [0, 0.1) is 13.8 Å². The van der Waals surface area contributed by atoms with Crippen LogP contribution in [0.25, 0.3) is 0 Å². The lowest BCUT2D eigenvalue weighted by molar-refractivity contribution is -0.0986. The summed E-state index contributed by atoms with van der Waals surface area (Å²) in [5, 5.41) is 4.06. The lowest BCUT2D eigenvalue weighted by Crippen LogP contribution is -2.43. The van der Waals surface area contributed by atoms with Crippen molar-refractivity contribution in [3.05, 3.63) is 17.0 Å². The van der Waals surface area contributed by atoms with Crippen molar-refractivity contribution >= 4 is 0 Å². The van der Waals surface area contributed by atoms with Crippen molar-refractivity contribution in [2.75, 3.05) is 19.8 Å². The quantitative estimate of drug-likeness (QED) is 0.835. The molecule has 2 aliphatic rings. The first-order chi connectivity index (χ1) is 10.2. The van der Waals surface area contributed by atoms with Crippen LogP contribution in [0.5, 0.6) is 0 Å². The number of likely N-dealkylation sites (tertiary alicyclic amines) is 1. The summed E-state index contributed by atoms with van der Waals surface area (Å²) < 4.78 is 17.0. The fourth-order valence-electron chi connectivity index (χ4n) is 3.58. The molecule has 5 nitrogen and oxygen atoms in total. The van der Waals surface area contributed by atoms with E-state index < -0.39 is 0 Å². The zero-order valence-corrected chi connectivity index (χ0v) is 13.3. The predicted molar refractivity (Wildman–Crippen MR) is 79.2 cm³/mol. The Morgan fingerprint density at radius 2 is 2.14 bits per heavy atom. The lowest BCUT2D eigenvalue weighted by atomic mass is 9.99. The molecule has 0 aromatic carbocycles. The third kappa shape index (κ3) is 3.15. The van der Waals surface area contributed by atoms with Gasteiger partial charge in [-0.15, -0.1) is 0 Å². The van der Waals surface area contributed by atoms with Gasteiger partial charge in [0.15, 0.2) is 0 Å². The number of fused-ring (bicyclic) bond motifs is 1. The van der Waals surface area contributed by atoms with Gasteiger partial charge in [-0.2, -0.15) is 0 Å². The Morgan fingerprint density at radius 3 is 2.86 bits per heavy atom. The molecule has 2 fully saturated rings. The van der Waals surface area contributed by atoms with Crippen molar-refractivity contribution in [2.45, 2.75) is 64.8 Å². The maximum Gasteiger partial charge on any atom is 0.138 e. The van der Waals surface area contributed by atoms with Crippen molar-refractivity contribution < 1.29 is 14.0 Å². The van der Waals surface area contributed by atoms with E-state index in [4.69, 9.17) is 14.0 Å². The summed E-state index contributed by atoms with van der Waals surface area (Å²) in [6.45, 7) is 9.60. The average molecular weight is 294 g/mol. The van der Waals surface area contributed by atoms with Crippen LogP contribution in [0.15, 0.2) is 4.52 Å². The Morgan fingerprint density at radius 1 is 1.29 bits per heavy atom. The van der Waals surface area contributed by atoms with Crippen molar-refractivity contribution in [3.8, 4) is 0 Å². The van der Waals surface area contributed by atoms with E-state index in [0.29, 0.717) is 12.1 Å². The minimum atomic E-state index is 0.283. The molecule has 0 amide bonds. The number of nitrogens with zero attached hydrogens (tertiary/aromatic N) is 2. The molecular formula is C16H26N2O3. The summed E-state index contributed by atoms with van der Waals surface area (Å²) in [6, 6.07) is 0.538. The first kappa shape index (κ1) is 15.0. The summed E-state index contributed by atoms with van der Waals surface area (Å²) in [5.74, 6) is 0.946. The summed E-state index contributed by atoms with van der Waals surface area (Å²) in [7, 11) is 0. The van der Waals surface area contributed by atoms with Crippen molar-refractivity contribution in [3.63, 3.8) is 0 Å². The predicted octanol–water partition coefficient (Wildman–Crippen LogP) is 2.45. The molecule has 1 aromatic heterocycles. The fraction of sp³-hybridized carbons (Fsp3) is 0.812. The smallest absolute Gasteiger partial charge is 0.138 e. The fourth-order valence-corrected chi connectivity index (χ4v) is 3.58. The molecule has 1 aromatic rings. The van der Waals surface area contributed by atoms with Crippen LogP contribution in [-0.2, 0) is 16.0 Å². The van der Waals surface area contributed by atoms with Crippen LogP contribution in [0.3, 0.4) is 0 Å². The Kier molecular flexibility index (Phi) is 4.62. The summed E-state index contributed by atoms with van der Waals surface area (Å²) in [6.07, 6.45) is 4.07. The third-order valence-corrected chi connectivity index (χ3v) is 4.80. The summed E-state index contributed by atoms with van der Waals surface area (Å²) in [4.78, 5) is 2.54. The van der Waals surface area contributed by atoms with Gasteiger partial charge in [0.25, 0.3) is 0 Å². The normalized spacial score (nSPS) is 29.8. The van der Waals surface area contributed by atoms with E-state index in [1.54, 1.807) is 0 Å². The largest absolute Gasteiger partial charge is 0.379 e. The zero-order valence-electron chi connectivity index (χ0n) is 13.3. The highest BCUT2D eigenvalue weighted by atomic mass is 16.5. The molecular weight excluding hydrogens is 268 g/mol. The number of hydrogen-bond acceptors (Lipinski definition) is 5. The SMILES string of the molecule is CCOC[C@@H]1CC[C@@H]2[C@@H](CCN2Cc2c(C)noc2C)O1. The lowest BCUT2D eigenvalue weighted by Gasteiger charge is -2.36. The van der Waals surface area contributed by atoms with E-state index in [-0.39, 0.29) is 6.10 Å². The van der Waals surface area contributed by atoms with Gasteiger partial charge in [0.2, 0.25) is 0 Å². The van der Waals surface area contributed by atoms with Gasteiger partial charge >= 0.3 is 0 Å². The second kappa shape index (κ2) is 6.46. The van der Waals surface area contributed by atoms with Crippen LogP contribution in [-0.4, -0.2) is 48.1 Å². The molecule has 0 bridgehead atoms. The van der Waals surface area contributed by atoms with Gasteiger partial charge < -0.3 is 14.0 Å². The number of aryl methyl sites for hydroxylation is 2. The molecule has 0 unspecified atom stereocenters. The van der Waals surface area contributed by atoms with Gasteiger partial charge in [0.1, 0.15) is 5.76 Å². The number of hydrogen-bond donors (Lipinski definition) is 0. The molecule has 0 radical (unpaired) electrons. The second-order valence-corrected chi connectivity index (χ2v) is 6.16. The van der Waals surface area contributed by atoms with Crippen LogP contribution in [0.2, 0.25) is 0 Å². The molecule has 2 saturated heterocycles. The van der Waals surface area contributed by atoms with Crippen LogP contribution in [0.1, 0.15) is 43.2 Å². The minimum absolute atomic E-state index is 0.283. The monoisotopic (exact) mass is 294 g/mol. The van der Waals surface area contributed by atoms with Crippen LogP contribution in [0.4, 0.5) is 0 Å². The Bertz CT molecular complexity index is 455. The molecule has 5 heteroatoms. The number of rotatable bonds is 5. The maximum absolute atomic E-state index is 6.22. The maximum atomic E-state index is 6.22. The second-order valence-electron chi connectivity index (χ2n) is 6.16. The summed E-state index contributed by atoms with van der Waals surface area (Å²) in [5.41, 5.74) is 2.26. The van der Waals surface area contributed by atoms with E-state index in [9.17, 15) is 0 Å². The first-order valence-corrected chi connectivity index (χ1v) is 8.08. The molecule has 0 N–H and O–H groups in total.